The summed E-state index contributed by atoms with van der Waals surface area (Å²) in [6.45, 7) is 1.78. The third kappa shape index (κ3) is 2.04. The molecule has 0 saturated heterocycles. The van der Waals surface area contributed by atoms with Crippen LogP contribution in [-0.2, 0) is 6.18 Å². The minimum Gasteiger partial charge on any atom is -0.178 e. The highest BCUT2D eigenvalue weighted by molar-refractivity contribution is 7.19. The van der Waals surface area contributed by atoms with Crippen LogP contribution in [0.25, 0.3) is 15.5 Å². The highest BCUT2D eigenvalue weighted by Gasteiger charge is 2.38. The Morgan fingerprint density at radius 1 is 1.25 bits per heavy atom. The minimum absolute atomic E-state index is 0.0895. The van der Waals surface area contributed by atoms with E-state index in [0.29, 0.717) is 20.1 Å². The molecule has 104 valence electrons. The standard InChI is InChI=1S/C11H6ClF3N4S/c1-5-6(3-2-4-7(5)12)8-18-19-9(11(13,14)15)16-17-10(19)20-8/h2-4H,1H3. The zero-order valence-corrected chi connectivity index (χ0v) is 11.5. The molecule has 0 aliphatic heterocycles. The number of aromatic nitrogens is 4. The van der Waals surface area contributed by atoms with Crippen LogP contribution >= 0.6 is 22.9 Å². The van der Waals surface area contributed by atoms with Gasteiger partial charge >= 0.3 is 6.18 Å². The molecule has 0 aliphatic carbocycles. The summed E-state index contributed by atoms with van der Waals surface area (Å²) >= 11 is 7.03. The van der Waals surface area contributed by atoms with Crippen molar-refractivity contribution < 1.29 is 13.2 Å². The molecule has 2 aromatic heterocycles. The Morgan fingerprint density at radius 3 is 2.70 bits per heavy atom. The van der Waals surface area contributed by atoms with E-state index in [2.05, 4.69) is 15.3 Å². The van der Waals surface area contributed by atoms with E-state index in [1.54, 1.807) is 25.1 Å². The summed E-state index contributed by atoms with van der Waals surface area (Å²) in [5.74, 6) is -1.13. The van der Waals surface area contributed by atoms with Crippen LogP contribution in [0.4, 0.5) is 13.2 Å². The molecule has 3 rings (SSSR count). The van der Waals surface area contributed by atoms with Crippen LogP contribution < -0.4 is 0 Å². The quantitative estimate of drug-likeness (QED) is 0.685. The van der Waals surface area contributed by atoms with Crippen LogP contribution in [0.3, 0.4) is 0 Å². The molecule has 1 aromatic carbocycles. The van der Waals surface area contributed by atoms with Crippen LogP contribution in [0.2, 0.25) is 5.02 Å². The van der Waals surface area contributed by atoms with Crippen LogP contribution in [0, 0.1) is 6.92 Å². The van der Waals surface area contributed by atoms with Crippen LogP contribution in [0.5, 0.6) is 0 Å². The van der Waals surface area contributed by atoms with Gasteiger partial charge in [0.2, 0.25) is 4.96 Å². The van der Waals surface area contributed by atoms with Gasteiger partial charge in [-0.15, -0.1) is 10.2 Å². The summed E-state index contributed by atoms with van der Waals surface area (Å²) < 4.78 is 38.9. The molecule has 9 heteroatoms. The number of rotatable bonds is 1. The van der Waals surface area contributed by atoms with Crippen molar-refractivity contribution in [3.8, 4) is 10.6 Å². The van der Waals surface area contributed by atoms with Gasteiger partial charge in [-0.25, -0.2) is 0 Å². The van der Waals surface area contributed by atoms with Crippen molar-refractivity contribution in [3.05, 3.63) is 34.6 Å². The molecule has 0 fully saturated rings. The van der Waals surface area contributed by atoms with Gasteiger partial charge in [-0.3, -0.25) is 0 Å². The fraction of sp³-hybridized carbons (Fsp3) is 0.182. The first-order chi connectivity index (χ1) is 9.38. The fourth-order valence-electron chi connectivity index (χ4n) is 1.74. The lowest BCUT2D eigenvalue weighted by Gasteiger charge is -2.03. The SMILES string of the molecule is Cc1c(Cl)cccc1-c1nn2c(C(F)(F)F)nnc2s1. The lowest BCUT2D eigenvalue weighted by atomic mass is 10.1. The van der Waals surface area contributed by atoms with Gasteiger partial charge in [-0.2, -0.15) is 22.8 Å². The molecule has 0 aliphatic rings. The average Bonchev–Trinajstić information content (AvgIpc) is 2.90. The molecule has 0 bridgehead atoms. The number of nitrogens with zero attached hydrogens (tertiary/aromatic N) is 4. The third-order valence-electron chi connectivity index (χ3n) is 2.74. The monoisotopic (exact) mass is 318 g/mol. The van der Waals surface area contributed by atoms with Gasteiger partial charge in [0, 0.05) is 10.6 Å². The Hall–Kier alpha value is -1.67. The zero-order valence-electron chi connectivity index (χ0n) is 9.94. The Balaban J connectivity index is 2.19. The van der Waals surface area contributed by atoms with Crippen LogP contribution in [0.1, 0.15) is 11.4 Å². The molecule has 2 heterocycles. The molecular weight excluding hydrogens is 313 g/mol. The van der Waals surface area contributed by atoms with Gasteiger partial charge in [0.1, 0.15) is 5.01 Å². The molecule has 0 unspecified atom stereocenters. The molecule has 0 spiro atoms. The van der Waals surface area contributed by atoms with Crippen molar-refractivity contribution in [2.75, 3.05) is 0 Å². The molecule has 4 nitrogen and oxygen atoms in total. The maximum atomic E-state index is 12.7. The van der Waals surface area contributed by atoms with Gasteiger partial charge in [0.15, 0.2) is 0 Å². The van der Waals surface area contributed by atoms with E-state index in [1.807, 2.05) is 0 Å². The number of hydrogen-bond acceptors (Lipinski definition) is 4. The van der Waals surface area contributed by atoms with Crippen LogP contribution in [0.15, 0.2) is 18.2 Å². The van der Waals surface area contributed by atoms with Gasteiger partial charge < -0.3 is 0 Å². The molecule has 0 N–H and O–H groups in total. The topological polar surface area (TPSA) is 43.1 Å². The first-order valence-electron chi connectivity index (χ1n) is 5.43. The summed E-state index contributed by atoms with van der Waals surface area (Å²) in [4.78, 5) is 0.0895. The summed E-state index contributed by atoms with van der Waals surface area (Å²) in [7, 11) is 0. The zero-order chi connectivity index (χ0) is 14.5. The Bertz CT molecular complexity index is 793. The Kier molecular flexibility index (Phi) is 2.94. The summed E-state index contributed by atoms with van der Waals surface area (Å²) in [6.07, 6.45) is -4.59. The van der Waals surface area contributed by atoms with Crippen molar-refractivity contribution in [3.63, 3.8) is 0 Å². The lowest BCUT2D eigenvalue weighted by Crippen LogP contribution is -2.11. The van der Waals surface area contributed by atoms with Crippen LogP contribution in [-0.4, -0.2) is 19.8 Å². The van der Waals surface area contributed by atoms with Crippen molar-refractivity contribution >= 4 is 27.9 Å². The highest BCUT2D eigenvalue weighted by atomic mass is 35.5. The number of halogens is 4. The largest absolute Gasteiger partial charge is 0.453 e. The van der Waals surface area contributed by atoms with Crippen molar-refractivity contribution in [2.24, 2.45) is 0 Å². The number of fused-ring (bicyclic) bond motifs is 1. The van der Waals surface area contributed by atoms with Crippen molar-refractivity contribution in [1.82, 2.24) is 19.8 Å². The minimum atomic E-state index is -4.59. The third-order valence-corrected chi connectivity index (χ3v) is 4.08. The predicted octanol–water partition coefficient (Wildman–Crippen LogP) is 3.83. The number of alkyl halides is 3. The Labute approximate surface area is 119 Å². The van der Waals surface area contributed by atoms with E-state index in [0.717, 1.165) is 16.9 Å². The van der Waals surface area contributed by atoms with Crippen molar-refractivity contribution in [2.45, 2.75) is 13.1 Å². The second kappa shape index (κ2) is 4.42. The van der Waals surface area contributed by atoms with E-state index >= 15 is 0 Å². The van der Waals surface area contributed by atoms with E-state index in [-0.39, 0.29) is 4.96 Å². The maximum absolute atomic E-state index is 12.7. The summed E-state index contributed by atoms with van der Waals surface area (Å²) in [6, 6.07) is 5.18. The molecule has 0 radical (unpaired) electrons. The van der Waals surface area contributed by atoms with Gasteiger partial charge in [0.25, 0.3) is 5.82 Å². The van der Waals surface area contributed by atoms with E-state index in [4.69, 9.17) is 11.6 Å². The van der Waals surface area contributed by atoms with Gasteiger partial charge in [-0.05, 0) is 18.6 Å². The molecule has 0 atom stereocenters. The fourth-order valence-corrected chi connectivity index (χ4v) is 2.84. The lowest BCUT2D eigenvalue weighted by molar-refractivity contribution is -0.146. The molecule has 3 aromatic rings. The first kappa shape index (κ1) is 13.3. The number of benzene rings is 1. The van der Waals surface area contributed by atoms with Gasteiger partial charge in [-0.1, -0.05) is 35.1 Å². The summed E-state index contributed by atoms with van der Waals surface area (Å²) in [5.41, 5.74) is 1.44. The van der Waals surface area contributed by atoms with E-state index in [1.165, 1.54) is 0 Å². The molecule has 0 amide bonds. The Morgan fingerprint density at radius 2 is 2.00 bits per heavy atom. The molecule has 20 heavy (non-hydrogen) atoms. The second-order valence-corrected chi connectivity index (χ2v) is 5.40. The maximum Gasteiger partial charge on any atom is 0.453 e. The number of hydrogen-bond donors (Lipinski definition) is 0. The average molecular weight is 319 g/mol. The summed E-state index contributed by atoms with van der Waals surface area (Å²) in [5, 5.41) is 11.5. The molecular formula is C11H6ClF3N4S. The van der Waals surface area contributed by atoms with Gasteiger partial charge in [0.05, 0.1) is 0 Å². The second-order valence-electron chi connectivity index (χ2n) is 4.04. The van der Waals surface area contributed by atoms with Crippen molar-refractivity contribution in [1.29, 1.82) is 0 Å². The first-order valence-corrected chi connectivity index (χ1v) is 6.62. The molecule has 0 saturated carbocycles. The van der Waals surface area contributed by atoms with E-state index < -0.39 is 12.0 Å². The normalized spacial score (nSPS) is 12.2. The van der Waals surface area contributed by atoms with E-state index in [9.17, 15) is 13.2 Å². The smallest absolute Gasteiger partial charge is 0.178 e. The predicted molar refractivity (Wildman–Crippen MR) is 68.8 cm³/mol. The highest BCUT2D eigenvalue weighted by Crippen LogP contribution is 2.34.